The minimum atomic E-state index is -0.921. The first-order chi connectivity index (χ1) is 14.4. The van der Waals surface area contributed by atoms with Gasteiger partial charge in [-0.2, -0.15) is 0 Å². The number of Topliss-reactive ketones (excluding diaryl/α,β-unsaturated/α-hetero) is 1. The lowest BCUT2D eigenvalue weighted by Crippen LogP contribution is -2.37. The molecule has 0 unspecified atom stereocenters. The number of benzene rings is 2. The second kappa shape index (κ2) is 9.91. The van der Waals surface area contributed by atoms with E-state index in [1.807, 2.05) is 30.3 Å². The zero-order chi connectivity index (χ0) is 21.5. The van der Waals surface area contributed by atoms with Crippen LogP contribution in [-0.4, -0.2) is 48.9 Å². The fourth-order valence-electron chi connectivity index (χ4n) is 3.13. The van der Waals surface area contributed by atoms with Gasteiger partial charge in [0.2, 0.25) is 0 Å². The van der Waals surface area contributed by atoms with Gasteiger partial charge in [0.05, 0.1) is 6.42 Å². The molecule has 0 bridgehead atoms. The highest BCUT2D eigenvalue weighted by molar-refractivity contribution is 5.98. The number of nitrogens with zero attached hydrogens (tertiary/aromatic N) is 1. The van der Waals surface area contributed by atoms with Crippen LogP contribution in [0.25, 0.3) is 0 Å². The van der Waals surface area contributed by atoms with E-state index in [9.17, 15) is 14.4 Å². The average Bonchev–Trinajstić information content (AvgIpc) is 2.77. The minimum Gasteiger partial charge on any atom is -0.486 e. The first kappa shape index (κ1) is 21.4. The Balaban J connectivity index is 1.46. The van der Waals surface area contributed by atoms with Crippen molar-refractivity contribution in [3.8, 4) is 11.5 Å². The molecule has 2 aromatic rings. The Kier molecular flexibility index (Phi) is 7.06. The van der Waals surface area contributed by atoms with Gasteiger partial charge in [0.1, 0.15) is 13.2 Å². The van der Waals surface area contributed by atoms with Crippen LogP contribution in [0.2, 0.25) is 0 Å². The summed E-state index contributed by atoms with van der Waals surface area (Å²) in [4.78, 5) is 38.4. The van der Waals surface area contributed by atoms with Crippen molar-refractivity contribution in [2.75, 3.05) is 20.3 Å². The number of rotatable bonds is 8. The van der Waals surface area contributed by atoms with Gasteiger partial charge in [0.25, 0.3) is 5.91 Å². The van der Waals surface area contributed by atoms with Crippen molar-refractivity contribution in [2.45, 2.75) is 32.4 Å². The number of carbonyl (C=O) groups is 3. The number of fused-ring (bicyclic) bond motifs is 1. The number of hydrogen-bond acceptors (Lipinski definition) is 6. The summed E-state index contributed by atoms with van der Waals surface area (Å²) in [5, 5.41) is 0. The van der Waals surface area contributed by atoms with Crippen LogP contribution in [0.5, 0.6) is 11.5 Å². The van der Waals surface area contributed by atoms with E-state index in [2.05, 4.69) is 0 Å². The Morgan fingerprint density at radius 2 is 1.70 bits per heavy atom. The predicted molar refractivity (Wildman–Crippen MR) is 109 cm³/mol. The molecule has 7 heteroatoms. The summed E-state index contributed by atoms with van der Waals surface area (Å²) < 4.78 is 16.1. The highest BCUT2D eigenvalue weighted by Crippen LogP contribution is 2.31. The van der Waals surface area contributed by atoms with Crippen molar-refractivity contribution >= 4 is 17.7 Å². The topological polar surface area (TPSA) is 82.1 Å². The molecule has 30 heavy (non-hydrogen) atoms. The molecule has 0 aliphatic carbocycles. The summed E-state index contributed by atoms with van der Waals surface area (Å²) in [5.41, 5.74) is 1.43. The molecule has 0 aromatic heterocycles. The molecular weight excluding hydrogens is 386 g/mol. The van der Waals surface area contributed by atoms with E-state index in [1.54, 1.807) is 25.2 Å². The Morgan fingerprint density at radius 1 is 1.00 bits per heavy atom. The molecule has 0 radical (unpaired) electrons. The standard InChI is InChI=1S/C23H25NO6/c1-16(23(27)24(2)15-17-6-4-3-5-7-17)30-22(26)11-9-19(25)18-8-10-20-21(14-18)29-13-12-28-20/h3-8,10,14,16H,9,11-13,15H2,1-2H3/t16-/m1/s1. The van der Waals surface area contributed by atoms with Gasteiger partial charge in [-0.1, -0.05) is 30.3 Å². The average molecular weight is 411 g/mol. The number of carbonyl (C=O) groups excluding carboxylic acids is 3. The van der Waals surface area contributed by atoms with Gasteiger partial charge in [-0.15, -0.1) is 0 Å². The van der Waals surface area contributed by atoms with E-state index in [4.69, 9.17) is 14.2 Å². The summed E-state index contributed by atoms with van der Waals surface area (Å²) in [5.74, 6) is 0.0313. The molecule has 3 rings (SSSR count). The molecule has 1 aliphatic heterocycles. The maximum atomic E-state index is 12.4. The SMILES string of the molecule is C[C@@H](OC(=O)CCC(=O)c1ccc2c(c1)OCCO2)C(=O)N(C)Cc1ccccc1. The highest BCUT2D eigenvalue weighted by Gasteiger charge is 2.22. The zero-order valence-corrected chi connectivity index (χ0v) is 17.1. The van der Waals surface area contributed by atoms with Crippen LogP contribution in [0.15, 0.2) is 48.5 Å². The third-order valence-electron chi connectivity index (χ3n) is 4.72. The first-order valence-corrected chi connectivity index (χ1v) is 9.85. The third-order valence-corrected chi connectivity index (χ3v) is 4.72. The van der Waals surface area contributed by atoms with Crippen molar-refractivity contribution in [1.82, 2.24) is 4.90 Å². The predicted octanol–water partition coefficient (Wildman–Crippen LogP) is 3.01. The van der Waals surface area contributed by atoms with E-state index in [0.717, 1.165) is 5.56 Å². The van der Waals surface area contributed by atoms with Crippen LogP contribution in [0.1, 0.15) is 35.7 Å². The molecule has 0 N–H and O–H groups in total. The Morgan fingerprint density at radius 3 is 2.43 bits per heavy atom. The molecule has 1 amide bonds. The highest BCUT2D eigenvalue weighted by atomic mass is 16.6. The van der Waals surface area contributed by atoms with Gasteiger partial charge in [-0.3, -0.25) is 14.4 Å². The molecule has 7 nitrogen and oxygen atoms in total. The maximum absolute atomic E-state index is 12.4. The van der Waals surface area contributed by atoms with Gasteiger partial charge >= 0.3 is 5.97 Å². The lowest BCUT2D eigenvalue weighted by Gasteiger charge is -2.21. The molecule has 0 saturated heterocycles. The molecule has 1 atom stereocenters. The van der Waals surface area contributed by atoms with Crippen LogP contribution < -0.4 is 9.47 Å². The molecule has 2 aromatic carbocycles. The summed E-state index contributed by atoms with van der Waals surface area (Å²) in [7, 11) is 1.66. The quantitative estimate of drug-likeness (QED) is 0.491. The Hall–Kier alpha value is -3.35. The number of hydrogen-bond donors (Lipinski definition) is 0. The molecule has 1 aliphatic rings. The van der Waals surface area contributed by atoms with Crippen molar-refractivity contribution < 1.29 is 28.6 Å². The number of ketones is 1. The number of ether oxygens (including phenoxy) is 3. The molecule has 1 heterocycles. The van der Waals surface area contributed by atoms with Crippen LogP contribution in [0, 0.1) is 0 Å². The van der Waals surface area contributed by atoms with Gasteiger partial charge in [-0.25, -0.2) is 0 Å². The second-order valence-corrected chi connectivity index (χ2v) is 7.09. The molecule has 0 spiro atoms. The van der Waals surface area contributed by atoms with Crippen LogP contribution in [0.4, 0.5) is 0 Å². The smallest absolute Gasteiger partial charge is 0.307 e. The van der Waals surface area contributed by atoms with Crippen LogP contribution in [-0.2, 0) is 20.9 Å². The fourth-order valence-corrected chi connectivity index (χ4v) is 3.13. The second-order valence-electron chi connectivity index (χ2n) is 7.09. The number of likely N-dealkylation sites (N-methyl/N-ethyl adjacent to an activating group) is 1. The number of amides is 1. The van der Waals surface area contributed by atoms with Crippen molar-refractivity contribution in [3.63, 3.8) is 0 Å². The van der Waals surface area contributed by atoms with Crippen molar-refractivity contribution in [3.05, 3.63) is 59.7 Å². The minimum absolute atomic E-state index is 0.0146. The van der Waals surface area contributed by atoms with E-state index in [0.29, 0.717) is 36.8 Å². The summed E-state index contributed by atoms with van der Waals surface area (Å²) in [6.07, 6.45) is -1.04. The monoisotopic (exact) mass is 411 g/mol. The maximum Gasteiger partial charge on any atom is 0.307 e. The lowest BCUT2D eigenvalue weighted by atomic mass is 10.1. The summed E-state index contributed by atoms with van der Waals surface area (Å²) >= 11 is 0. The first-order valence-electron chi connectivity index (χ1n) is 9.85. The molecule has 158 valence electrons. The lowest BCUT2D eigenvalue weighted by molar-refractivity contribution is -0.158. The van der Waals surface area contributed by atoms with Gasteiger partial charge < -0.3 is 19.1 Å². The fraction of sp³-hybridized carbons (Fsp3) is 0.348. The van der Waals surface area contributed by atoms with Crippen molar-refractivity contribution in [2.24, 2.45) is 0 Å². The normalized spacial score (nSPS) is 13.3. The van der Waals surface area contributed by atoms with Crippen molar-refractivity contribution in [1.29, 1.82) is 0 Å². The largest absolute Gasteiger partial charge is 0.486 e. The van der Waals surface area contributed by atoms with E-state index < -0.39 is 12.1 Å². The van der Waals surface area contributed by atoms with E-state index >= 15 is 0 Å². The molecule has 0 saturated carbocycles. The zero-order valence-electron chi connectivity index (χ0n) is 17.1. The summed E-state index contributed by atoms with van der Waals surface area (Å²) in [6.45, 7) is 2.86. The Labute approximate surface area is 175 Å². The van der Waals surface area contributed by atoms with Crippen LogP contribution in [0.3, 0.4) is 0 Å². The molecular formula is C23H25NO6. The van der Waals surface area contributed by atoms with Gasteiger partial charge in [-0.05, 0) is 30.7 Å². The number of esters is 1. The van der Waals surface area contributed by atoms with Gasteiger partial charge in [0.15, 0.2) is 23.4 Å². The molecule has 0 fully saturated rings. The van der Waals surface area contributed by atoms with Gasteiger partial charge in [0, 0.05) is 25.6 Å². The Bertz CT molecular complexity index is 911. The van der Waals surface area contributed by atoms with Crippen LogP contribution >= 0.6 is 0 Å². The third kappa shape index (κ3) is 5.59. The van der Waals surface area contributed by atoms with E-state index in [1.165, 1.54) is 11.8 Å². The summed E-state index contributed by atoms with van der Waals surface area (Å²) in [6, 6.07) is 14.5. The van der Waals surface area contributed by atoms with E-state index in [-0.39, 0.29) is 24.5 Å².